The third-order valence-corrected chi connectivity index (χ3v) is 7.04. The highest BCUT2D eigenvalue weighted by Crippen LogP contribution is 2.32. The lowest BCUT2D eigenvalue weighted by molar-refractivity contribution is -0.117. The van der Waals surface area contributed by atoms with Crippen molar-refractivity contribution < 1.29 is 14.4 Å². The molecule has 2 aromatic carbocycles. The van der Waals surface area contributed by atoms with E-state index in [2.05, 4.69) is 10.2 Å². The van der Waals surface area contributed by atoms with Crippen LogP contribution < -0.4 is 10.2 Å². The lowest BCUT2D eigenvalue weighted by Gasteiger charge is -2.37. The van der Waals surface area contributed by atoms with Gasteiger partial charge in [-0.2, -0.15) is 0 Å². The minimum atomic E-state index is 0.0215. The fourth-order valence-corrected chi connectivity index (χ4v) is 4.77. The molecule has 3 fully saturated rings. The van der Waals surface area contributed by atoms with Gasteiger partial charge in [-0.25, -0.2) is 0 Å². The Balaban J connectivity index is 1.32. The standard InChI is InChI=1S/C27H32N4O3/c1-19-4-6-21(7-5-19)26(33)31-16-14-29(15-17-31)24-11-10-22(28-25(32)20-8-9-20)18-23(24)27(34)30-12-2-3-13-30/h4-7,10-11,18,20H,2-3,8-9,12-17H2,1H3,(H,28,32). The molecule has 1 N–H and O–H groups in total. The first-order valence-electron chi connectivity index (χ1n) is 12.3. The highest BCUT2D eigenvalue weighted by Gasteiger charge is 2.31. The minimum absolute atomic E-state index is 0.0215. The molecule has 0 spiro atoms. The third kappa shape index (κ3) is 4.79. The van der Waals surface area contributed by atoms with E-state index in [1.54, 1.807) is 0 Å². The zero-order chi connectivity index (χ0) is 23.7. The molecule has 7 nitrogen and oxygen atoms in total. The molecule has 2 saturated heterocycles. The Hall–Kier alpha value is -3.35. The van der Waals surface area contributed by atoms with Crippen LogP contribution in [0.25, 0.3) is 0 Å². The van der Waals surface area contributed by atoms with Gasteiger partial charge in [0.15, 0.2) is 0 Å². The monoisotopic (exact) mass is 460 g/mol. The van der Waals surface area contributed by atoms with Gasteiger partial charge in [0.25, 0.3) is 11.8 Å². The first-order valence-corrected chi connectivity index (χ1v) is 12.3. The van der Waals surface area contributed by atoms with Gasteiger partial charge in [-0.05, 0) is 62.9 Å². The van der Waals surface area contributed by atoms with E-state index in [-0.39, 0.29) is 23.6 Å². The molecule has 7 heteroatoms. The molecule has 5 rings (SSSR count). The Kier molecular flexibility index (Phi) is 6.26. The molecule has 0 bridgehead atoms. The van der Waals surface area contributed by atoms with Crippen LogP contribution in [-0.2, 0) is 4.79 Å². The molecule has 2 aliphatic heterocycles. The fourth-order valence-electron chi connectivity index (χ4n) is 4.77. The summed E-state index contributed by atoms with van der Waals surface area (Å²) in [6.45, 7) is 6.08. The maximum atomic E-state index is 13.4. The summed E-state index contributed by atoms with van der Waals surface area (Å²) in [5, 5.41) is 2.98. The largest absolute Gasteiger partial charge is 0.367 e. The number of amides is 3. The van der Waals surface area contributed by atoms with Crippen LogP contribution in [-0.4, -0.2) is 66.8 Å². The van der Waals surface area contributed by atoms with E-state index in [0.29, 0.717) is 43.0 Å². The number of piperazine rings is 1. The van der Waals surface area contributed by atoms with Crippen LogP contribution in [0.2, 0.25) is 0 Å². The number of benzene rings is 2. The molecule has 178 valence electrons. The van der Waals surface area contributed by atoms with Crippen molar-refractivity contribution in [2.24, 2.45) is 5.92 Å². The Bertz CT molecular complexity index is 1080. The van der Waals surface area contributed by atoms with Crippen molar-refractivity contribution in [3.05, 3.63) is 59.2 Å². The molecule has 1 saturated carbocycles. The van der Waals surface area contributed by atoms with Crippen LogP contribution in [0.1, 0.15) is 52.0 Å². The molecule has 0 radical (unpaired) electrons. The third-order valence-electron chi connectivity index (χ3n) is 7.04. The number of carbonyl (C=O) groups excluding carboxylic acids is 3. The van der Waals surface area contributed by atoms with Crippen molar-refractivity contribution in [1.29, 1.82) is 0 Å². The highest BCUT2D eigenvalue weighted by atomic mass is 16.2. The van der Waals surface area contributed by atoms with Crippen LogP contribution in [0.4, 0.5) is 11.4 Å². The predicted octanol–water partition coefficient (Wildman–Crippen LogP) is 3.54. The maximum Gasteiger partial charge on any atom is 0.256 e. The van der Waals surface area contributed by atoms with Crippen molar-refractivity contribution >= 4 is 29.1 Å². The number of hydrogen-bond acceptors (Lipinski definition) is 4. The number of rotatable bonds is 5. The van der Waals surface area contributed by atoms with Crippen LogP contribution in [0, 0.1) is 12.8 Å². The average Bonchev–Trinajstić information content (AvgIpc) is 3.58. The van der Waals surface area contributed by atoms with Gasteiger partial charge in [0, 0.05) is 62.1 Å². The summed E-state index contributed by atoms with van der Waals surface area (Å²) in [7, 11) is 0. The van der Waals surface area contributed by atoms with Gasteiger partial charge < -0.3 is 20.0 Å². The summed E-state index contributed by atoms with van der Waals surface area (Å²) >= 11 is 0. The molecule has 3 aliphatic rings. The van der Waals surface area contributed by atoms with Crippen LogP contribution >= 0.6 is 0 Å². The van der Waals surface area contributed by atoms with E-state index in [1.165, 1.54) is 0 Å². The molecule has 34 heavy (non-hydrogen) atoms. The molecule has 0 atom stereocenters. The fraction of sp³-hybridized carbons (Fsp3) is 0.444. The smallest absolute Gasteiger partial charge is 0.256 e. The minimum Gasteiger partial charge on any atom is -0.367 e. The van der Waals surface area contributed by atoms with E-state index in [9.17, 15) is 14.4 Å². The van der Waals surface area contributed by atoms with Gasteiger partial charge >= 0.3 is 0 Å². The van der Waals surface area contributed by atoms with E-state index in [4.69, 9.17) is 0 Å². The zero-order valence-corrected chi connectivity index (χ0v) is 19.8. The van der Waals surface area contributed by atoms with Gasteiger partial charge in [-0.3, -0.25) is 14.4 Å². The topological polar surface area (TPSA) is 73.0 Å². The van der Waals surface area contributed by atoms with E-state index in [1.807, 2.05) is 59.2 Å². The molecular formula is C27H32N4O3. The van der Waals surface area contributed by atoms with E-state index >= 15 is 0 Å². The zero-order valence-electron chi connectivity index (χ0n) is 19.8. The Labute approximate surface area is 200 Å². The second-order valence-electron chi connectivity index (χ2n) is 9.64. The predicted molar refractivity (Wildman–Crippen MR) is 132 cm³/mol. The molecule has 2 aromatic rings. The van der Waals surface area contributed by atoms with Gasteiger partial charge in [-0.15, -0.1) is 0 Å². The summed E-state index contributed by atoms with van der Waals surface area (Å²) < 4.78 is 0. The van der Waals surface area contributed by atoms with E-state index < -0.39 is 0 Å². The van der Waals surface area contributed by atoms with Crippen molar-refractivity contribution in [1.82, 2.24) is 9.80 Å². The molecular weight excluding hydrogens is 428 g/mol. The summed E-state index contributed by atoms with van der Waals surface area (Å²) in [4.78, 5) is 44.6. The van der Waals surface area contributed by atoms with Crippen molar-refractivity contribution in [2.45, 2.75) is 32.6 Å². The number of nitrogens with zero attached hydrogens (tertiary/aromatic N) is 3. The molecule has 0 aromatic heterocycles. The summed E-state index contributed by atoms with van der Waals surface area (Å²) in [6.07, 6.45) is 3.93. The van der Waals surface area contributed by atoms with Crippen molar-refractivity contribution in [3.63, 3.8) is 0 Å². The highest BCUT2D eigenvalue weighted by molar-refractivity contribution is 6.02. The lowest BCUT2D eigenvalue weighted by Crippen LogP contribution is -2.49. The van der Waals surface area contributed by atoms with Gasteiger partial charge in [0.05, 0.1) is 5.56 Å². The lowest BCUT2D eigenvalue weighted by atomic mass is 10.1. The first kappa shape index (κ1) is 22.4. The molecule has 1 aliphatic carbocycles. The number of nitrogens with one attached hydrogen (secondary N) is 1. The number of hydrogen-bond donors (Lipinski definition) is 1. The Morgan fingerprint density at radius 3 is 2.09 bits per heavy atom. The number of anilines is 2. The number of aryl methyl sites for hydroxylation is 1. The number of carbonyl (C=O) groups is 3. The summed E-state index contributed by atoms with van der Waals surface area (Å²) in [6, 6.07) is 13.4. The van der Waals surface area contributed by atoms with Crippen molar-refractivity contribution in [3.8, 4) is 0 Å². The second kappa shape index (κ2) is 9.49. The van der Waals surface area contributed by atoms with Gasteiger partial charge in [0.1, 0.15) is 0 Å². The maximum absolute atomic E-state index is 13.4. The van der Waals surface area contributed by atoms with Gasteiger partial charge in [-0.1, -0.05) is 17.7 Å². The summed E-state index contributed by atoms with van der Waals surface area (Å²) in [5.41, 5.74) is 4.03. The van der Waals surface area contributed by atoms with Crippen LogP contribution in [0.3, 0.4) is 0 Å². The Morgan fingerprint density at radius 2 is 1.44 bits per heavy atom. The normalized spacial score (nSPS) is 18.2. The molecule has 0 unspecified atom stereocenters. The first-order chi connectivity index (χ1) is 16.5. The van der Waals surface area contributed by atoms with E-state index in [0.717, 1.165) is 50.0 Å². The SMILES string of the molecule is Cc1ccc(C(=O)N2CCN(c3ccc(NC(=O)C4CC4)cc3C(=O)N3CCCC3)CC2)cc1. The second-order valence-corrected chi connectivity index (χ2v) is 9.64. The average molecular weight is 461 g/mol. The van der Waals surface area contributed by atoms with Crippen LogP contribution in [0.5, 0.6) is 0 Å². The van der Waals surface area contributed by atoms with Gasteiger partial charge in [0.2, 0.25) is 5.91 Å². The molecule has 2 heterocycles. The van der Waals surface area contributed by atoms with Crippen molar-refractivity contribution in [2.75, 3.05) is 49.5 Å². The quantitative estimate of drug-likeness (QED) is 0.741. The number of likely N-dealkylation sites (tertiary alicyclic amines) is 1. The van der Waals surface area contributed by atoms with Crippen LogP contribution in [0.15, 0.2) is 42.5 Å². The molecule has 3 amide bonds. The Morgan fingerprint density at radius 1 is 0.794 bits per heavy atom. The summed E-state index contributed by atoms with van der Waals surface area (Å²) in [5.74, 6) is 0.214.